The number of esters is 1. The Hall–Kier alpha value is -1.94. The van der Waals surface area contributed by atoms with Crippen LogP contribution in [0.3, 0.4) is 0 Å². The average Bonchev–Trinajstić information content (AvgIpc) is 2.88. The number of Topliss-reactive ketones (excluding diaryl/α,β-unsaturated/α-hetero) is 1. The lowest BCUT2D eigenvalue weighted by molar-refractivity contribution is -0.166. The van der Waals surface area contributed by atoms with Gasteiger partial charge < -0.3 is 4.74 Å². The van der Waals surface area contributed by atoms with Crippen LogP contribution in [-0.4, -0.2) is 35.8 Å². The van der Waals surface area contributed by atoms with Crippen LogP contribution in [0.4, 0.5) is 0 Å². The van der Waals surface area contributed by atoms with Crippen LogP contribution in [0.25, 0.3) is 0 Å². The molecule has 0 N–H and O–H groups in total. The van der Waals surface area contributed by atoms with E-state index in [0.717, 1.165) is 19.4 Å². The molecule has 0 spiro atoms. The Balaban J connectivity index is 1.96. The number of ketones is 1. The van der Waals surface area contributed by atoms with Gasteiger partial charge in [0.25, 0.3) is 0 Å². The highest BCUT2D eigenvalue weighted by Gasteiger charge is 2.60. The minimum Gasteiger partial charge on any atom is -0.468 e. The van der Waals surface area contributed by atoms with E-state index in [1.165, 1.54) is 12.7 Å². The summed E-state index contributed by atoms with van der Waals surface area (Å²) in [6.07, 6.45) is 4.26. The lowest BCUT2D eigenvalue weighted by Gasteiger charge is -2.45. The number of allylic oxidation sites excluding steroid dienone is 1. The van der Waals surface area contributed by atoms with Gasteiger partial charge in [0, 0.05) is 25.0 Å². The summed E-state index contributed by atoms with van der Waals surface area (Å²) < 4.78 is 5.03. The molecule has 3 atom stereocenters. The van der Waals surface area contributed by atoms with E-state index in [1.807, 2.05) is 18.2 Å². The quantitative estimate of drug-likeness (QED) is 0.476. The molecule has 2 bridgehead atoms. The SMILES string of the molecule is C=CC[C@]1(C(=O)OC)C(=O)C[C@H]2CC[C@H]1N2Cc1ccccc1. The fourth-order valence-corrected chi connectivity index (χ4v) is 4.29. The third-order valence-electron chi connectivity index (χ3n) is 5.35. The van der Waals surface area contributed by atoms with E-state index in [0.29, 0.717) is 12.8 Å². The lowest BCUT2D eigenvalue weighted by atomic mass is 9.70. The number of nitrogens with zero attached hydrogens (tertiary/aromatic N) is 1. The second kappa shape index (κ2) is 6.28. The molecule has 0 saturated carbocycles. The predicted molar refractivity (Wildman–Crippen MR) is 87.7 cm³/mol. The van der Waals surface area contributed by atoms with Crippen LogP contribution >= 0.6 is 0 Å². The highest BCUT2D eigenvalue weighted by atomic mass is 16.5. The molecule has 4 nitrogen and oxygen atoms in total. The van der Waals surface area contributed by atoms with Crippen LogP contribution in [0.5, 0.6) is 0 Å². The standard InChI is InChI=1S/C19H23NO3/c1-3-11-19(18(22)23-2)16-10-9-15(12-17(19)21)20(16)13-14-7-5-4-6-8-14/h3-8,15-16H,1,9-13H2,2H3/t15-,16-,19-/m1/s1. The normalized spacial score (nSPS) is 30.2. The zero-order valence-electron chi connectivity index (χ0n) is 13.5. The van der Waals surface area contributed by atoms with Crippen molar-refractivity contribution < 1.29 is 14.3 Å². The van der Waals surface area contributed by atoms with E-state index in [9.17, 15) is 9.59 Å². The van der Waals surface area contributed by atoms with Gasteiger partial charge in [-0.15, -0.1) is 6.58 Å². The van der Waals surface area contributed by atoms with Gasteiger partial charge in [-0.25, -0.2) is 0 Å². The smallest absolute Gasteiger partial charge is 0.321 e. The van der Waals surface area contributed by atoms with Crippen molar-refractivity contribution in [2.24, 2.45) is 5.41 Å². The first kappa shape index (κ1) is 15.9. The van der Waals surface area contributed by atoms with Gasteiger partial charge >= 0.3 is 5.97 Å². The summed E-state index contributed by atoms with van der Waals surface area (Å²) in [6.45, 7) is 4.53. The molecular weight excluding hydrogens is 290 g/mol. The molecule has 1 aromatic rings. The Morgan fingerprint density at radius 3 is 2.78 bits per heavy atom. The zero-order valence-corrected chi connectivity index (χ0v) is 13.5. The molecule has 0 radical (unpaired) electrons. The lowest BCUT2D eigenvalue weighted by Crippen LogP contribution is -2.60. The molecule has 2 aliphatic rings. The van der Waals surface area contributed by atoms with Gasteiger partial charge in [0.05, 0.1) is 7.11 Å². The Morgan fingerprint density at radius 1 is 1.39 bits per heavy atom. The van der Waals surface area contributed by atoms with E-state index >= 15 is 0 Å². The van der Waals surface area contributed by atoms with Crippen LogP contribution in [0, 0.1) is 5.41 Å². The van der Waals surface area contributed by atoms with Gasteiger partial charge in [-0.2, -0.15) is 0 Å². The van der Waals surface area contributed by atoms with Crippen molar-refractivity contribution in [3.8, 4) is 0 Å². The van der Waals surface area contributed by atoms with Crippen molar-refractivity contribution in [3.05, 3.63) is 48.6 Å². The highest BCUT2D eigenvalue weighted by molar-refractivity contribution is 6.06. The summed E-state index contributed by atoms with van der Waals surface area (Å²) in [6, 6.07) is 10.3. The third-order valence-corrected chi connectivity index (χ3v) is 5.35. The van der Waals surface area contributed by atoms with Crippen LogP contribution in [0.1, 0.15) is 31.2 Å². The molecule has 2 saturated heterocycles. The maximum absolute atomic E-state index is 12.8. The molecule has 2 aliphatic heterocycles. The number of rotatable bonds is 5. The van der Waals surface area contributed by atoms with Crippen LogP contribution in [0.2, 0.25) is 0 Å². The average molecular weight is 313 g/mol. The molecule has 23 heavy (non-hydrogen) atoms. The van der Waals surface area contributed by atoms with Gasteiger partial charge in [0.15, 0.2) is 5.78 Å². The van der Waals surface area contributed by atoms with Gasteiger partial charge in [-0.05, 0) is 24.8 Å². The molecule has 122 valence electrons. The Kier molecular flexibility index (Phi) is 4.35. The molecule has 2 fully saturated rings. The first-order chi connectivity index (χ1) is 11.1. The number of carbonyl (C=O) groups is 2. The monoisotopic (exact) mass is 313 g/mol. The third kappa shape index (κ3) is 2.51. The molecular formula is C19H23NO3. The number of fused-ring (bicyclic) bond motifs is 2. The van der Waals surface area contributed by atoms with Gasteiger partial charge in [0.2, 0.25) is 0 Å². The molecule has 0 aromatic heterocycles. The summed E-state index contributed by atoms with van der Waals surface area (Å²) in [5, 5.41) is 0. The van der Waals surface area contributed by atoms with Crippen molar-refractivity contribution >= 4 is 11.8 Å². The largest absolute Gasteiger partial charge is 0.468 e. The number of methoxy groups -OCH3 is 1. The van der Waals surface area contributed by atoms with Crippen LogP contribution in [0.15, 0.2) is 43.0 Å². The highest BCUT2D eigenvalue weighted by Crippen LogP contribution is 2.48. The van der Waals surface area contributed by atoms with Gasteiger partial charge in [-0.3, -0.25) is 14.5 Å². The zero-order chi connectivity index (χ0) is 16.4. The van der Waals surface area contributed by atoms with E-state index in [1.54, 1.807) is 6.08 Å². The van der Waals surface area contributed by atoms with Gasteiger partial charge in [-0.1, -0.05) is 36.4 Å². The van der Waals surface area contributed by atoms with Crippen LogP contribution in [-0.2, 0) is 20.9 Å². The molecule has 0 unspecified atom stereocenters. The topological polar surface area (TPSA) is 46.6 Å². The summed E-state index contributed by atoms with van der Waals surface area (Å²) in [7, 11) is 1.36. The van der Waals surface area contributed by atoms with Gasteiger partial charge in [0.1, 0.15) is 5.41 Å². The minimum absolute atomic E-state index is 0.0149. The van der Waals surface area contributed by atoms with Crippen molar-refractivity contribution in [1.82, 2.24) is 4.90 Å². The van der Waals surface area contributed by atoms with E-state index in [-0.39, 0.29) is 17.9 Å². The molecule has 4 heteroatoms. The number of piperidine rings is 1. The minimum atomic E-state index is -1.09. The number of ether oxygens (including phenoxy) is 1. The number of carbonyl (C=O) groups excluding carboxylic acids is 2. The first-order valence-corrected chi connectivity index (χ1v) is 8.15. The fourth-order valence-electron chi connectivity index (χ4n) is 4.29. The molecule has 0 amide bonds. The van der Waals surface area contributed by atoms with Crippen molar-refractivity contribution in [1.29, 1.82) is 0 Å². The predicted octanol–water partition coefficient (Wildman–Crippen LogP) is 2.73. The molecule has 2 heterocycles. The van der Waals surface area contributed by atoms with E-state index in [2.05, 4.69) is 23.6 Å². The fraction of sp³-hybridized carbons (Fsp3) is 0.474. The van der Waals surface area contributed by atoms with E-state index in [4.69, 9.17) is 4.74 Å². The number of hydrogen-bond donors (Lipinski definition) is 0. The van der Waals surface area contributed by atoms with Crippen molar-refractivity contribution in [2.45, 2.75) is 44.3 Å². The van der Waals surface area contributed by atoms with Crippen molar-refractivity contribution in [3.63, 3.8) is 0 Å². The molecule has 0 aliphatic carbocycles. The molecule has 3 rings (SSSR count). The van der Waals surface area contributed by atoms with E-state index < -0.39 is 11.4 Å². The number of benzene rings is 1. The first-order valence-electron chi connectivity index (χ1n) is 8.15. The maximum Gasteiger partial charge on any atom is 0.321 e. The second-order valence-electron chi connectivity index (χ2n) is 6.49. The van der Waals surface area contributed by atoms with Crippen molar-refractivity contribution in [2.75, 3.05) is 7.11 Å². The Morgan fingerprint density at radius 2 is 2.13 bits per heavy atom. The Labute approximate surface area is 137 Å². The molecule has 1 aromatic carbocycles. The second-order valence-corrected chi connectivity index (χ2v) is 6.49. The maximum atomic E-state index is 12.8. The summed E-state index contributed by atoms with van der Waals surface area (Å²) >= 11 is 0. The number of hydrogen-bond acceptors (Lipinski definition) is 4. The van der Waals surface area contributed by atoms with Crippen LogP contribution < -0.4 is 0 Å². The summed E-state index contributed by atoms with van der Waals surface area (Å²) in [5.41, 5.74) is 0.120. The Bertz CT molecular complexity index is 612. The summed E-state index contributed by atoms with van der Waals surface area (Å²) in [4.78, 5) is 27.7. The summed E-state index contributed by atoms with van der Waals surface area (Å²) in [5.74, 6) is -0.396.